The van der Waals surface area contributed by atoms with Crippen molar-refractivity contribution in [2.45, 2.75) is 37.0 Å². The Hall–Kier alpha value is -3.86. The molecular formula is C27H28F3N3O4S. The first-order valence-corrected chi connectivity index (χ1v) is 13.2. The Morgan fingerprint density at radius 3 is 2.08 bits per heavy atom. The second-order valence-corrected chi connectivity index (χ2v) is 10.3. The van der Waals surface area contributed by atoms with Crippen LogP contribution in [0.1, 0.15) is 24.5 Å². The minimum absolute atomic E-state index is 0.00653. The molecule has 0 heterocycles. The molecular weight excluding hydrogens is 519 g/mol. The monoisotopic (exact) mass is 547 g/mol. The minimum atomic E-state index is -4.73. The number of rotatable bonds is 10. The van der Waals surface area contributed by atoms with Gasteiger partial charge < -0.3 is 10.2 Å². The molecule has 0 unspecified atom stereocenters. The van der Waals surface area contributed by atoms with Crippen molar-refractivity contribution < 1.29 is 31.2 Å². The molecule has 0 spiro atoms. The SMILES string of the molecule is CC[C@@H](C(=O)NC)N(Cc1ccccc1)C(=O)CN(c1cccc(C(F)(F)F)c1)S(=O)(=O)c1ccccc1. The number of benzene rings is 3. The van der Waals surface area contributed by atoms with Crippen molar-refractivity contribution in [1.82, 2.24) is 10.2 Å². The van der Waals surface area contributed by atoms with Gasteiger partial charge in [-0.15, -0.1) is 0 Å². The summed E-state index contributed by atoms with van der Waals surface area (Å²) in [5, 5.41) is 2.51. The first-order valence-electron chi connectivity index (χ1n) is 11.8. The van der Waals surface area contributed by atoms with E-state index in [1.165, 1.54) is 42.3 Å². The molecule has 38 heavy (non-hydrogen) atoms. The van der Waals surface area contributed by atoms with Gasteiger partial charge in [0.05, 0.1) is 16.1 Å². The summed E-state index contributed by atoms with van der Waals surface area (Å²) in [6, 6.07) is 18.8. The smallest absolute Gasteiger partial charge is 0.357 e. The zero-order valence-corrected chi connectivity index (χ0v) is 21.7. The van der Waals surface area contributed by atoms with E-state index in [0.29, 0.717) is 15.9 Å². The van der Waals surface area contributed by atoms with Gasteiger partial charge in [0.1, 0.15) is 12.6 Å². The van der Waals surface area contributed by atoms with Crippen molar-refractivity contribution in [3.63, 3.8) is 0 Å². The zero-order chi connectivity index (χ0) is 27.9. The molecule has 7 nitrogen and oxygen atoms in total. The van der Waals surface area contributed by atoms with Gasteiger partial charge in [0, 0.05) is 13.6 Å². The number of hydrogen-bond acceptors (Lipinski definition) is 4. The van der Waals surface area contributed by atoms with E-state index >= 15 is 0 Å². The number of alkyl halides is 3. The highest BCUT2D eigenvalue weighted by Gasteiger charge is 2.35. The Bertz CT molecular complexity index is 1350. The lowest BCUT2D eigenvalue weighted by molar-refractivity contribution is -0.140. The van der Waals surface area contributed by atoms with Crippen LogP contribution < -0.4 is 9.62 Å². The number of nitrogens with zero attached hydrogens (tertiary/aromatic N) is 2. The van der Waals surface area contributed by atoms with Crippen LogP contribution in [-0.4, -0.2) is 44.8 Å². The largest absolute Gasteiger partial charge is 0.416 e. The second kappa shape index (κ2) is 12.1. The van der Waals surface area contributed by atoms with Crippen molar-refractivity contribution >= 4 is 27.5 Å². The zero-order valence-electron chi connectivity index (χ0n) is 20.9. The van der Waals surface area contributed by atoms with Crippen LogP contribution in [0.5, 0.6) is 0 Å². The maximum absolute atomic E-state index is 13.7. The number of anilines is 1. The van der Waals surface area contributed by atoms with E-state index in [2.05, 4.69) is 5.32 Å². The van der Waals surface area contributed by atoms with Gasteiger partial charge in [-0.25, -0.2) is 8.42 Å². The quantitative estimate of drug-likeness (QED) is 0.406. The molecule has 0 radical (unpaired) electrons. The maximum Gasteiger partial charge on any atom is 0.416 e. The van der Waals surface area contributed by atoms with Gasteiger partial charge in [-0.2, -0.15) is 13.2 Å². The van der Waals surface area contributed by atoms with E-state index in [9.17, 15) is 31.2 Å². The molecule has 3 aromatic carbocycles. The molecule has 202 valence electrons. The number of nitrogens with one attached hydrogen (secondary N) is 1. The number of amides is 2. The molecule has 3 aromatic rings. The summed E-state index contributed by atoms with van der Waals surface area (Å²) in [5.74, 6) is -1.20. The van der Waals surface area contributed by atoms with Crippen LogP contribution in [0, 0.1) is 0 Å². The molecule has 1 atom stereocenters. The molecule has 11 heteroatoms. The third kappa shape index (κ3) is 6.71. The predicted octanol–water partition coefficient (Wildman–Crippen LogP) is 4.45. The number of likely N-dealkylation sites (N-methyl/N-ethyl adjacent to an activating group) is 1. The Labute approximate surface area is 219 Å². The number of carbonyl (C=O) groups excluding carboxylic acids is 2. The first kappa shape index (κ1) is 28.7. The fourth-order valence-corrected chi connectivity index (χ4v) is 5.38. The summed E-state index contributed by atoms with van der Waals surface area (Å²) < 4.78 is 68.3. The molecule has 2 amide bonds. The van der Waals surface area contributed by atoms with E-state index in [1.54, 1.807) is 43.3 Å². The summed E-state index contributed by atoms with van der Waals surface area (Å²) in [7, 11) is -3.04. The molecule has 1 N–H and O–H groups in total. The molecule has 0 aliphatic heterocycles. The summed E-state index contributed by atoms with van der Waals surface area (Å²) in [4.78, 5) is 27.4. The molecule has 3 rings (SSSR count). The van der Waals surface area contributed by atoms with E-state index in [0.717, 1.165) is 12.1 Å². The first-order chi connectivity index (χ1) is 18.0. The van der Waals surface area contributed by atoms with Crippen molar-refractivity contribution in [1.29, 1.82) is 0 Å². The molecule has 0 aliphatic carbocycles. The topological polar surface area (TPSA) is 86.8 Å². The number of hydrogen-bond donors (Lipinski definition) is 1. The highest BCUT2D eigenvalue weighted by molar-refractivity contribution is 7.92. The lowest BCUT2D eigenvalue weighted by Crippen LogP contribution is -2.51. The van der Waals surface area contributed by atoms with E-state index in [-0.39, 0.29) is 23.5 Å². The average Bonchev–Trinajstić information content (AvgIpc) is 2.91. The Morgan fingerprint density at radius 2 is 1.53 bits per heavy atom. The maximum atomic E-state index is 13.7. The van der Waals surface area contributed by atoms with Crippen molar-refractivity contribution in [2.24, 2.45) is 0 Å². The van der Waals surface area contributed by atoms with E-state index < -0.39 is 46.2 Å². The van der Waals surface area contributed by atoms with Crippen LogP contribution in [0.25, 0.3) is 0 Å². The lowest BCUT2D eigenvalue weighted by atomic mass is 10.1. The lowest BCUT2D eigenvalue weighted by Gasteiger charge is -2.33. The number of carbonyl (C=O) groups is 2. The van der Waals surface area contributed by atoms with Gasteiger partial charge in [-0.1, -0.05) is 61.5 Å². The third-order valence-corrected chi connectivity index (χ3v) is 7.69. The number of sulfonamides is 1. The Kier molecular flexibility index (Phi) is 9.16. The molecule has 0 saturated carbocycles. The van der Waals surface area contributed by atoms with Crippen LogP contribution >= 0.6 is 0 Å². The fourth-order valence-electron chi connectivity index (χ4n) is 3.95. The van der Waals surface area contributed by atoms with Crippen LogP contribution in [-0.2, 0) is 32.3 Å². The summed E-state index contributed by atoms with van der Waals surface area (Å²) in [5.41, 5.74) is -0.696. The standard InChI is InChI=1S/C27H28F3N3O4S/c1-3-24(26(35)31-2)32(18-20-11-6-4-7-12-20)25(34)19-33(38(36,37)23-15-8-5-9-16-23)22-14-10-13-21(17-22)27(28,29)30/h4-17,24H,3,18-19H2,1-2H3,(H,31,35)/t24-/m0/s1. The molecule has 0 aromatic heterocycles. The van der Waals surface area contributed by atoms with E-state index in [1.807, 2.05) is 0 Å². The van der Waals surface area contributed by atoms with Crippen LogP contribution in [0.2, 0.25) is 0 Å². The van der Waals surface area contributed by atoms with Crippen LogP contribution in [0.3, 0.4) is 0 Å². The summed E-state index contributed by atoms with van der Waals surface area (Å²) in [6.07, 6.45) is -4.50. The molecule has 0 bridgehead atoms. The third-order valence-electron chi connectivity index (χ3n) is 5.90. The summed E-state index contributed by atoms with van der Waals surface area (Å²) >= 11 is 0. The average molecular weight is 548 g/mol. The molecule has 0 aliphatic rings. The van der Waals surface area contributed by atoms with E-state index in [4.69, 9.17) is 0 Å². The number of halogens is 3. The molecule has 0 saturated heterocycles. The highest BCUT2D eigenvalue weighted by Crippen LogP contribution is 2.33. The minimum Gasteiger partial charge on any atom is -0.357 e. The van der Waals surface area contributed by atoms with Gasteiger partial charge in [0.15, 0.2) is 0 Å². The van der Waals surface area contributed by atoms with Crippen LogP contribution in [0.4, 0.5) is 18.9 Å². The van der Waals surface area contributed by atoms with Crippen molar-refractivity contribution in [2.75, 3.05) is 17.9 Å². The highest BCUT2D eigenvalue weighted by atomic mass is 32.2. The van der Waals surface area contributed by atoms with Gasteiger partial charge in [0.2, 0.25) is 11.8 Å². The van der Waals surface area contributed by atoms with Gasteiger partial charge in [0.25, 0.3) is 10.0 Å². The Balaban J connectivity index is 2.10. The van der Waals surface area contributed by atoms with Gasteiger partial charge in [-0.3, -0.25) is 13.9 Å². The molecule has 0 fully saturated rings. The van der Waals surface area contributed by atoms with Gasteiger partial charge in [-0.05, 0) is 42.3 Å². The van der Waals surface area contributed by atoms with Gasteiger partial charge >= 0.3 is 6.18 Å². The van der Waals surface area contributed by atoms with Crippen molar-refractivity contribution in [3.05, 3.63) is 96.1 Å². The predicted molar refractivity (Wildman–Crippen MR) is 138 cm³/mol. The van der Waals surface area contributed by atoms with Crippen LogP contribution in [0.15, 0.2) is 89.8 Å². The Morgan fingerprint density at radius 1 is 0.921 bits per heavy atom. The van der Waals surface area contributed by atoms with Crippen molar-refractivity contribution in [3.8, 4) is 0 Å². The normalized spacial score (nSPS) is 12.4. The summed E-state index contributed by atoms with van der Waals surface area (Å²) in [6.45, 7) is 0.878. The second-order valence-electron chi connectivity index (χ2n) is 8.42. The fraction of sp³-hybridized carbons (Fsp3) is 0.259.